The van der Waals surface area contributed by atoms with Gasteiger partial charge >= 0.3 is 6.03 Å². The Labute approximate surface area is 220 Å². The molecule has 8 nitrogen and oxygen atoms in total. The van der Waals surface area contributed by atoms with Crippen LogP contribution in [0, 0.1) is 0 Å². The molecular formula is C25H26Cl2N4O4S. The predicted octanol–water partition coefficient (Wildman–Crippen LogP) is 5.33. The van der Waals surface area contributed by atoms with Crippen LogP contribution in [-0.4, -0.2) is 28.1 Å². The maximum Gasteiger partial charge on any atom is 0.319 e. The number of amides is 2. The Balaban J connectivity index is 1.39. The van der Waals surface area contributed by atoms with E-state index in [2.05, 4.69) is 20.7 Å². The normalized spacial score (nSPS) is 13.9. The van der Waals surface area contributed by atoms with Crippen LogP contribution in [0.25, 0.3) is 0 Å². The van der Waals surface area contributed by atoms with Gasteiger partial charge in [0.1, 0.15) is 10.8 Å². The smallest absolute Gasteiger partial charge is 0.319 e. The predicted molar refractivity (Wildman–Crippen MR) is 143 cm³/mol. The van der Waals surface area contributed by atoms with Gasteiger partial charge in [0.05, 0.1) is 23.1 Å². The average molecular weight is 549 g/mol. The number of hydrogen-bond donors (Lipinski definition) is 4. The fourth-order valence-electron chi connectivity index (χ4n) is 3.95. The average Bonchev–Trinajstić information content (AvgIpc) is 2.85. The minimum atomic E-state index is -3.79. The van der Waals surface area contributed by atoms with Crippen molar-refractivity contribution in [2.45, 2.75) is 30.8 Å². The van der Waals surface area contributed by atoms with E-state index in [9.17, 15) is 13.2 Å². The third kappa shape index (κ3) is 5.87. The lowest BCUT2D eigenvalue weighted by Crippen LogP contribution is -2.31. The fraction of sp³-hybridized carbons (Fsp3) is 0.240. The molecule has 0 aliphatic carbocycles. The summed E-state index contributed by atoms with van der Waals surface area (Å²) in [7, 11) is -2.30. The molecule has 3 aromatic rings. The van der Waals surface area contributed by atoms with Gasteiger partial charge in [-0.25, -0.2) is 13.2 Å². The summed E-state index contributed by atoms with van der Waals surface area (Å²) in [5, 5.41) is 9.33. The zero-order valence-corrected chi connectivity index (χ0v) is 22.0. The van der Waals surface area contributed by atoms with Gasteiger partial charge in [0, 0.05) is 17.9 Å². The van der Waals surface area contributed by atoms with Gasteiger partial charge in [-0.15, -0.1) is 0 Å². The van der Waals surface area contributed by atoms with E-state index in [0.717, 1.165) is 25.1 Å². The van der Waals surface area contributed by atoms with Gasteiger partial charge in [-0.05, 0) is 79.0 Å². The lowest BCUT2D eigenvalue weighted by atomic mass is 10.0. The molecule has 0 bridgehead atoms. The second-order valence-electron chi connectivity index (χ2n) is 8.35. The van der Waals surface area contributed by atoms with E-state index in [1.165, 1.54) is 36.9 Å². The number of benzene rings is 3. The Bertz CT molecular complexity index is 1380. The van der Waals surface area contributed by atoms with Gasteiger partial charge in [-0.3, -0.25) is 4.72 Å². The number of fused-ring (bicyclic) bond motifs is 1. The summed E-state index contributed by atoms with van der Waals surface area (Å²) in [5.41, 5.74) is 3.88. The standard InChI is InChI=1S/C25H26Cl2N4O4S/c1-15(21-9-10-22(35-2)24(27)23(21)26)29-25(32)30-18-5-7-20(8-6-18)36(33,34)31-19-4-3-17-14-28-12-11-16(17)13-19/h3-10,13,15,28,31H,11-12,14H2,1-2H3,(H2,29,30,32)/t15-/m0/s1. The van der Waals surface area contributed by atoms with Crippen LogP contribution in [0.1, 0.15) is 29.7 Å². The number of halogens is 2. The van der Waals surface area contributed by atoms with E-state index in [1.54, 1.807) is 25.1 Å². The molecule has 4 rings (SSSR count). The van der Waals surface area contributed by atoms with Crippen LogP contribution in [0.15, 0.2) is 59.5 Å². The second-order valence-corrected chi connectivity index (χ2v) is 10.8. The molecule has 2 amide bonds. The van der Waals surface area contributed by atoms with Crippen molar-refractivity contribution < 1.29 is 17.9 Å². The molecule has 1 aliphatic rings. The molecule has 0 unspecified atom stereocenters. The van der Waals surface area contributed by atoms with Crippen molar-refractivity contribution in [3.8, 4) is 5.75 Å². The number of carbonyl (C=O) groups is 1. The Kier molecular flexibility index (Phi) is 7.94. The maximum absolute atomic E-state index is 12.9. The lowest BCUT2D eigenvalue weighted by Gasteiger charge is -2.18. The molecule has 190 valence electrons. The number of rotatable bonds is 7. The number of sulfonamides is 1. The first kappa shape index (κ1) is 26.1. The number of urea groups is 1. The molecular weight excluding hydrogens is 523 g/mol. The van der Waals surface area contributed by atoms with Gasteiger partial charge in [-0.1, -0.05) is 35.3 Å². The summed E-state index contributed by atoms with van der Waals surface area (Å²) >= 11 is 12.5. The monoisotopic (exact) mass is 548 g/mol. The second kappa shape index (κ2) is 11.0. The van der Waals surface area contributed by atoms with Gasteiger partial charge in [0.25, 0.3) is 10.0 Å². The molecule has 0 saturated heterocycles. The molecule has 0 fully saturated rings. The van der Waals surface area contributed by atoms with Crippen LogP contribution < -0.4 is 25.4 Å². The largest absolute Gasteiger partial charge is 0.495 e. The highest BCUT2D eigenvalue weighted by molar-refractivity contribution is 7.92. The molecule has 0 spiro atoms. The first-order chi connectivity index (χ1) is 17.2. The Hall–Kier alpha value is -2.98. The third-order valence-corrected chi connectivity index (χ3v) is 8.15. The Morgan fingerprint density at radius 3 is 2.44 bits per heavy atom. The van der Waals surface area contributed by atoms with E-state index in [4.69, 9.17) is 27.9 Å². The summed E-state index contributed by atoms with van der Waals surface area (Å²) in [4.78, 5) is 12.6. The van der Waals surface area contributed by atoms with Crippen LogP contribution in [0.4, 0.5) is 16.2 Å². The highest BCUT2D eigenvalue weighted by atomic mass is 35.5. The van der Waals surface area contributed by atoms with Gasteiger partial charge in [0.2, 0.25) is 0 Å². The number of methoxy groups -OCH3 is 1. The molecule has 4 N–H and O–H groups in total. The molecule has 1 aliphatic heterocycles. The molecule has 3 aromatic carbocycles. The first-order valence-corrected chi connectivity index (χ1v) is 13.5. The van der Waals surface area contributed by atoms with E-state index in [0.29, 0.717) is 27.7 Å². The van der Waals surface area contributed by atoms with Crippen molar-refractivity contribution in [1.82, 2.24) is 10.6 Å². The first-order valence-electron chi connectivity index (χ1n) is 11.2. The third-order valence-electron chi connectivity index (χ3n) is 5.88. The summed E-state index contributed by atoms with van der Waals surface area (Å²) < 4.78 is 33.5. The molecule has 0 saturated carbocycles. The Morgan fingerprint density at radius 2 is 1.72 bits per heavy atom. The number of nitrogens with one attached hydrogen (secondary N) is 4. The molecule has 1 heterocycles. The van der Waals surface area contributed by atoms with E-state index < -0.39 is 22.1 Å². The quantitative estimate of drug-likeness (QED) is 0.319. The van der Waals surface area contributed by atoms with E-state index in [-0.39, 0.29) is 9.92 Å². The van der Waals surface area contributed by atoms with Gasteiger partial charge in [-0.2, -0.15) is 0 Å². The Morgan fingerprint density at radius 1 is 1.00 bits per heavy atom. The summed E-state index contributed by atoms with van der Waals surface area (Å²) in [5.74, 6) is 0.440. The van der Waals surface area contributed by atoms with Gasteiger partial charge in [0.15, 0.2) is 0 Å². The summed E-state index contributed by atoms with van der Waals surface area (Å²) in [6, 6.07) is 13.9. The van der Waals surface area contributed by atoms with Gasteiger partial charge < -0.3 is 20.7 Å². The molecule has 36 heavy (non-hydrogen) atoms. The number of hydrogen-bond acceptors (Lipinski definition) is 5. The topological polar surface area (TPSA) is 109 Å². The van der Waals surface area contributed by atoms with Crippen LogP contribution in [0.5, 0.6) is 5.75 Å². The molecule has 0 aromatic heterocycles. The highest BCUT2D eigenvalue weighted by Crippen LogP contribution is 2.37. The molecule has 11 heteroatoms. The SMILES string of the molecule is COc1ccc([C@H](C)NC(=O)Nc2ccc(S(=O)(=O)Nc3ccc4c(c3)CCNC4)cc2)c(Cl)c1Cl. The fourth-order valence-corrected chi connectivity index (χ4v) is 5.57. The lowest BCUT2D eigenvalue weighted by molar-refractivity contribution is 0.249. The number of carbonyl (C=O) groups excluding carboxylic acids is 1. The van der Waals surface area contributed by atoms with Crippen LogP contribution in [0.2, 0.25) is 10.0 Å². The zero-order valence-electron chi connectivity index (χ0n) is 19.7. The zero-order chi connectivity index (χ0) is 25.9. The van der Waals surface area contributed by atoms with Crippen molar-refractivity contribution >= 4 is 50.6 Å². The van der Waals surface area contributed by atoms with Crippen molar-refractivity contribution in [2.24, 2.45) is 0 Å². The van der Waals surface area contributed by atoms with Crippen molar-refractivity contribution in [1.29, 1.82) is 0 Å². The highest BCUT2D eigenvalue weighted by Gasteiger charge is 2.19. The minimum absolute atomic E-state index is 0.0841. The van der Waals surface area contributed by atoms with Crippen molar-refractivity contribution in [3.05, 3.63) is 81.3 Å². The molecule has 0 radical (unpaired) electrons. The van der Waals surface area contributed by atoms with Crippen LogP contribution in [0.3, 0.4) is 0 Å². The van der Waals surface area contributed by atoms with Crippen LogP contribution in [-0.2, 0) is 23.0 Å². The van der Waals surface area contributed by atoms with E-state index >= 15 is 0 Å². The van der Waals surface area contributed by atoms with Crippen molar-refractivity contribution in [2.75, 3.05) is 23.7 Å². The van der Waals surface area contributed by atoms with Crippen molar-refractivity contribution in [3.63, 3.8) is 0 Å². The minimum Gasteiger partial charge on any atom is -0.495 e. The summed E-state index contributed by atoms with van der Waals surface area (Å²) in [6.45, 7) is 3.41. The summed E-state index contributed by atoms with van der Waals surface area (Å²) in [6.07, 6.45) is 0.851. The number of ether oxygens (including phenoxy) is 1. The van der Waals surface area contributed by atoms with Crippen LogP contribution >= 0.6 is 23.2 Å². The van der Waals surface area contributed by atoms with E-state index in [1.807, 2.05) is 12.1 Å². The molecule has 1 atom stereocenters. The maximum atomic E-state index is 12.9. The number of anilines is 2.